The van der Waals surface area contributed by atoms with Crippen molar-refractivity contribution in [3.8, 4) is 23.7 Å². The van der Waals surface area contributed by atoms with Gasteiger partial charge in [0.1, 0.15) is 23.0 Å². The Hall–Kier alpha value is -3.28. The van der Waals surface area contributed by atoms with Crippen molar-refractivity contribution in [2.75, 3.05) is 13.6 Å². The number of nitrogens with zero attached hydrogens (tertiary/aromatic N) is 3. The number of aromatic nitrogens is 4. The summed E-state index contributed by atoms with van der Waals surface area (Å²) in [4.78, 5) is 17.9. The molecule has 0 amide bonds. The summed E-state index contributed by atoms with van der Waals surface area (Å²) in [5.41, 5.74) is 3.62. The predicted molar refractivity (Wildman–Crippen MR) is 119 cm³/mol. The highest BCUT2D eigenvalue weighted by molar-refractivity contribution is 5.45. The molecule has 1 aliphatic heterocycles. The van der Waals surface area contributed by atoms with Crippen LogP contribution >= 0.6 is 0 Å². The lowest BCUT2D eigenvalue weighted by molar-refractivity contribution is 0.307. The molecule has 1 atom stereocenters. The summed E-state index contributed by atoms with van der Waals surface area (Å²) < 4.78 is 0. The van der Waals surface area contributed by atoms with E-state index in [9.17, 15) is 0 Å². The Morgan fingerprint density at radius 2 is 1.63 bits per heavy atom. The SMILES string of the molecule is CCCCc1ncc(C#Cc2ccc(C#Cc3cnc(C4CCCN4C)[nH]3)cc2)[nH]1. The molecule has 5 nitrogen and oxygen atoms in total. The third-order valence-electron chi connectivity index (χ3n) is 5.40. The molecule has 1 aliphatic rings. The number of imidazole rings is 2. The van der Waals surface area contributed by atoms with Gasteiger partial charge in [-0.2, -0.15) is 0 Å². The van der Waals surface area contributed by atoms with E-state index in [-0.39, 0.29) is 0 Å². The minimum absolute atomic E-state index is 0.385. The zero-order chi connectivity index (χ0) is 20.8. The molecule has 0 spiro atoms. The third kappa shape index (κ3) is 5.00. The maximum Gasteiger partial charge on any atom is 0.124 e. The van der Waals surface area contributed by atoms with E-state index in [1.807, 2.05) is 30.5 Å². The monoisotopic (exact) mass is 397 g/mol. The summed E-state index contributed by atoms with van der Waals surface area (Å²) in [5.74, 6) is 14.7. The van der Waals surface area contributed by atoms with Crippen LogP contribution in [-0.4, -0.2) is 38.4 Å². The van der Waals surface area contributed by atoms with Crippen LogP contribution in [0.3, 0.4) is 0 Å². The van der Waals surface area contributed by atoms with Crippen LogP contribution < -0.4 is 0 Å². The van der Waals surface area contributed by atoms with Crippen molar-refractivity contribution < 1.29 is 0 Å². The first-order chi connectivity index (χ1) is 14.7. The quantitative estimate of drug-likeness (QED) is 0.653. The average molecular weight is 398 g/mol. The van der Waals surface area contributed by atoms with Gasteiger partial charge >= 0.3 is 0 Å². The van der Waals surface area contributed by atoms with E-state index < -0.39 is 0 Å². The molecule has 1 fully saturated rings. The third-order valence-corrected chi connectivity index (χ3v) is 5.40. The summed E-state index contributed by atoms with van der Waals surface area (Å²) in [6.45, 7) is 3.31. The molecular weight excluding hydrogens is 370 g/mol. The molecule has 1 aromatic carbocycles. The van der Waals surface area contributed by atoms with Gasteiger partial charge in [0.05, 0.1) is 18.4 Å². The van der Waals surface area contributed by atoms with Crippen LogP contribution in [0, 0.1) is 23.7 Å². The van der Waals surface area contributed by atoms with Crippen molar-refractivity contribution in [1.82, 2.24) is 24.8 Å². The molecule has 0 saturated carbocycles. The Morgan fingerprint density at radius 1 is 0.967 bits per heavy atom. The normalized spacial score (nSPS) is 16.0. The molecule has 30 heavy (non-hydrogen) atoms. The summed E-state index contributed by atoms with van der Waals surface area (Å²) in [5, 5.41) is 0. The van der Waals surface area contributed by atoms with Crippen molar-refractivity contribution in [2.45, 2.75) is 45.1 Å². The number of rotatable bonds is 4. The Morgan fingerprint density at radius 3 is 2.27 bits per heavy atom. The van der Waals surface area contributed by atoms with E-state index in [0.717, 1.165) is 66.4 Å². The minimum Gasteiger partial charge on any atom is -0.336 e. The van der Waals surface area contributed by atoms with Gasteiger partial charge in [-0.25, -0.2) is 9.97 Å². The highest BCUT2D eigenvalue weighted by atomic mass is 15.2. The molecule has 1 unspecified atom stereocenters. The van der Waals surface area contributed by atoms with Gasteiger partial charge in [0.25, 0.3) is 0 Å². The Kier molecular flexibility index (Phi) is 6.32. The van der Waals surface area contributed by atoms with Crippen molar-refractivity contribution >= 4 is 0 Å². The van der Waals surface area contributed by atoms with Gasteiger partial charge in [-0.05, 0) is 69.0 Å². The summed E-state index contributed by atoms with van der Waals surface area (Å²) in [7, 11) is 2.15. The van der Waals surface area contributed by atoms with Crippen molar-refractivity contribution in [2.24, 2.45) is 0 Å². The van der Waals surface area contributed by atoms with Crippen molar-refractivity contribution in [3.05, 3.63) is 70.8 Å². The standard InChI is InChI=1S/C25H27N5/c1-3-4-7-24-26-17-21(28-24)14-12-19-8-10-20(11-9-19)13-15-22-18-27-25(29-22)23-6-5-16-30(23)2/h8-11,17-18,23H,3-7,16H2,1-2H3,(H,26,28)(H,27,29). The molecule has 5 heteroatoms. The fourth-order valence-corrected chi connectivity index (χ4v) is 3.64. The number of likely N-dealkylation sites (tertiary alicyclic amines) is 1. The van der Waals surface area contributed by atoms with Crippen LogP contribution in [-0.2, 0) is 6.42 Å². The van der Waals surface area contributed by atoms with Crippen LogP contribution in [0.2, 0.25) is 0 Å². The first kappa shape index (κ1) is 20.0. The second-order valence-corrected chi connectivity index (χ2v) is 7.75. The number of H-pyrrole nitrogens is 2. The number of unbranched alkanes of at least 4 members (excludes halogenated alkanes) is 1. The second-order valence-electron chi connectivity index (χ2n) is 7.75. The summed E-state index contributed by atoms with van der Waals surface area (Å²) in [6.07, 6.45) is 9.28. The number of hydrogen-bond donors (Lipinski definition) is 2. The molecule has 2 N–H and O–H groups in total. The predicted octanol–water partition coefficient (Wildman–Crippen LogP) is 4.04. The van der Waals surface area contributed by atoms with Gasteiger partial charge in [0, 0.05) is 17.5 Å². The molecular formula is C25H27N5. The van der Waals surface area contributed by atoms with Gasteiger partial charge in [-0.3, -0.25) is 4.90 Å². The van der Waals surface area contributed by atoms with Gasteiger partial charge in [0.2, 0.25) is 0 Å². The zero-order valence-corrected chi connectivity index (χ0v) is 17.6. The first-order valence-corrected chi connectivity index (χ1v) is 10.6. The van der Waals surface area contributed by atoms with Gasteiger partial charge in [-0.15, -0.1) is 0 Å². The smallest absolute Gasteiger partial charge is 0.124 e. The maximum absolute atomic E-state index is 4.52. The molecule has 0 bridgehead atoms. The molecule has 2 aromatic heterocycles. The van der Waals surface area contributed by atoms with Crippen LogP contribution in [0.5, 0.6) is 0 Å². The maximum atomic E-state index is 4.52. The van der Waals surface area contributed by atoms with E-state index in [0.29, 0.717) is 6.04 Å². The minimum atomic E-state index is 0.385. The van der Waals surface area contributed by atoms with Gasteiger partial charge in [-0.1, -0.05) is 25.2 Å². The van der Waals surface area contributed by atoms with E-state index in [1.165, 1.54) is 6.42 Å². The highest BCUT2D eigenvalue weighted by Gasteiger charge is 2.24. The molecule has 1 saturated heterocycles. The van der Waals surface area contributed by atoms with Crippen LogP contribution in [0.4, 0.5) is 0 Å². The van der Waals surface area contributed by atoms with E-state index in [4.69, 9.17) is 0 Å². The lowest BCUT2D eigenvalue weighted by Gasteiger charge is -2.16. The van der Waals surface area contributed by atoms with E-state index in [2.05, 4.69) is 62.5 Å². The molecule has 0 radical (unpaired) electrons. The topological polar surface area (TPSA) is 60.6 Å². The van der Waals surface area contributed by atoms with Crippen LogP contribution in [0.15, 0.2) is 36.7 Å². The highest BCUT2D eigenvalue weighted by Crippen LogP contribution is 2.27. The Bertz CT molecular complexity index is 1100. The Balaban J connectivity index is 1.38. The molecule has 4 rings (SSSR count). The average Bonchev–Trinajstić information content (AvgIpc) is 3.51. The van der Waals surface area contributed by atoms with Crippen LogP contribution in [0.1, 0.15) is 72.8 Å². The molecule has 3 heterocycles. The van der Waals surface area contributed by atoms with E-state index >= 15 is 0 Å². The lowest BCUT2D eigenvalue weighted by atomic mass is 10.1. The van der Waals surface area contributed by atoms with Crippen molar-refractivity contribution in [3.63, 3.8) is 0 Å². The zero-order valence-electron chi connectivity index (χ0n) is 17.6. The van der Waals surface area contributed by atoms with Gasteiger partial charge in [0.15, 0.2) is 0 Å². The summed E-state index contributed by atoms with van der Waals surface area (Å²) in [6, 6.07) is 8.38. The number of nitrogens with one attached hydrogen (secondary N) is 2. The number of aromatic amines is 2. The van der Waals surface area contributed by atoms with Gasteiger partial charge < -0.3 is 9.97 Å². The Labute approximate surface area is 178 Å². The van der Waals surface area contributed by atoms with Crippen LogP contribution in [0.25, 0.3) is 0 Å². The lowest BCUT2D eigenvalue weighted by Crippen LogP contribution is -2.18. The molecule has 152 valence electrons. The van der Waals surface area contributed by atoms with Crippen molar-refractivity contribution in [1.29, 1.82) is 0 Å². The first-order valence-electron chi connectivity index (χ1n) is 10.6. The fraction of sp³-hybridized carbons (Fsp3) is 0.360. The number of aryl methyl sites for hydroxylation is 1. The molecule has 3 aromatic rings. The number of hydrogen-bond acceptors (Lipinski definition) is 3. The van der Waals surface area contributed by atoms with E-state index in [1.54, 1.807) is 6.20 Å². The largest absolute Gasteiger partial charge is 0.336 e. The fourth-order valence-electron chi connectivity index (χ4n) is 3.64. The summed E-state index contributed by atoms with van der Waals surface area (Å²) >= 11 is 0. The molecule has 0 aliphatic carbocycles. The second kappa shape index (κ2) is 9.48. The number of benzene rings is 1.